The second kappa shape index (κ2) is 8.31. The predicted molar refractivity (Wildman–Crippen MR) is 110 cm³/mol. The Labute approximate surface area is 165 Å². The van der Waals surface area contributed by atoms with E-state index in [1.165, 1.54) is 4.90 Å². The standard InChI is InChI=1S/C21H27N3O2S/c1-15-12-20(16(2)24(15)18-6-5-7-19(13-18)27-4)21(26)14-22-8-10-23(11-9-22)17(3)25/h5-7,12-13H,8-11,14H2,1-4H3. The van der Waals surface area contributed by atoms with Crippen molar-refractivity contribution in [2.24, 2.45) is 0 Å². The van der Waals surface area contributed by atoms with Gasteiger partial charge in [0.2, 0.25) is 5.91 Å². The van der Waals surface area contributed by atoms with E-state index in [-0.39, 0.29) is 11.7 Å². The van der Waals surface area contributed by atoms with Crippen LogP contribution in [0.5, 0.6) is 0 Å². The Morgan fingerprint density at radius 3 is 2.41 bits per heavy atom. The molecular formula is C21H27N3O2S. The van der Waals surface area contributed by atoms with Crippen molar-refractivity contribution in [2.75, 3.05) is 39.0 Å². The molecule has 0 saturated carbocycles. The summed E-state index contributed by atoms with van der Waals surface area (Å²) in [4.78, 5) is 29.6. The summed E-state index contributed by atoms with van der Waals surface area (Å²) in [5, 5.41) is 0. The minimum absolute atomic E-state index is 0.108. The van der Waals surface area contributed by atoms with Gasteiger partial charge in [0.15, 0.2) is 5.78 Å². The summed E-state index contributed by atoms with van der Waals surface area (Å²) >= 11 is 1.71. The second-order valence-electron chi connectivity index (χ2n) is 7.03. The van der Waals surface area contributed by atoms with Crippen molar-refractivity contribution in [1.82, 2.24) is 14.4 Å². The van der Waals surface area contributed by atoms with Crippen molar-refractivity contribution in [3.63, 3.8) is 0 Å². The van der Waals surface area contributed by atoms with Crippen LogP contribution >= 0.6 is 11.8 Å². The maximum absolute atomic E-state index is 12.9. The van der Waals surface area contributed by atoms with Gasteiger partial charge in [0, 0.05) is 60.6 Å². The van der Waals surface area contributed by atoms with Gasteiger partial charge in [-0.25, -0.2) is 0 Å². The molecule has 3 rings (SSSR count). The SMILES string of the molecule is CSc1cccc(-n2c(C)cc(C(=O)CN3CCN(C(C)=O)CC3)c2C)c1. The number of Topliss-reactive ketones (excluding diaryl/α,β-unsaturated/α-hetero) is 1. The number of benzene rings is 1. The van der Waals surface area contributed by atoms with Crippen molar-refractivity contribution in [2.45, 2.75) is 25.7 Å². The zero-order chi connectivity index (χ0) is 19.6. The van der Waals surface area contributed by atoms with Crippen LogP contribution in [0.4, 0.5) is 0 Å². The topological polar surface area (TPSA) is 45.6 Å². The fraction of sp³-hybridized carbons (Fsp3) is 0.429. The Balaban J connectivity index is 1.76. The lowest BCUT2D eigenvalue weighted by Crippen LogP contribution is -2.49. The van der Waals surface area contributed by atoms with Gasteiger partial charge in [-0.05, 0) is 44.4 Å². The Bertz CT molecular complexity index is 851. The van der Waals surface area contributed by atoms with Gasteiger partial charge in [-0.3, -0.25) is 14.5 Å². The summed E-state index contributed by atoms with van der Waals surface area (Å²) in [5.74, 6) is 0.253. The van der Waals surface area contributed by atoms with Crippen LogP contribution in [0.25, 0.3) is 5.69 Å². The number of aromatic nitrogens is 1. The number of carbonyl (C=O) groups excluding carboxylic acids is 2. The summed E-state index contributed by atoms with van der Waals surface area (Å²) in [7, 11) is 0. The van der Waals surface area contributed by atoms with Gasteiger partial charge < -0.3 is 9.47 Å². The number of thioether (sulfide) groups is 1. The molecule has 144 valence electrons. The quantitative estimate of drug-likeness (QED) is 0.586. The number of rotatable bonds is 5. The van der Waals surface area contributed by atoms with Gasteiger partial charge in [0.1, 0.15) is 0 Å². The number of hydrogen-bond donors (Lipinski definition) is 0. The monoisotopic (exact) mass is 385 g/mol. The van der Waals surface area contributed by atoms with Crippen LogP contribution in [0.1, 0.15) is 28.7 Å². The van der Waals surface area contributed by atoms with E-state index in [1.807, 2.05) is 24.8 Å². The molecule has 2 aromatic rings. The molecule has 0 aliphatic carbocycles. The molecule has 1 saturated heterocycles. The lowest BCUT2D eigenvalue weighted by atomic mass is 10.1. The highest BCUT2D eigenvalue weighted by atomic mass is 32.2. The molecule has 2 heterocycles. The number of aryl methyl sites for hydroxylation is 1. The number of nitrogens with zero attached hydrogens (tertiary/aromatic N) is 3. The zero-order valence-electron chi connectivity index (χ0n) is 16.5. The van der Waals surface area contributed by atoms with E-state index in [0.717, 1.165) is 35.7 Å². The van der Waals surface area contributed by atoms with E-state index in [2.05, 4.69) is 40.0 Å². The Hall–Kier alpha value is -2.05. The average Bonchev–Trinajstić information content (AvgIpc) is 2.96. The molecule has 27 heavy (non-hydrogen) atoms. The lowest BCUT2D eigenvalue weighted by Gasteiger charge is -2.33. The molecular weight excluding hydrogens is 358 g/mol. The number of amides is 1. The molecule has 1 amide bonds. The van der Waals surface area contributed by atoms with Gasteiger partial charge in [0.05, 0.1) is 6.54 Å². The fourth-order valence-electron chi connectivity index (χ4n) is 3.70. The number of hydrogen-bond acceptors (Lipinski definition) is 4. The van der Waals surface area contributed by atoms with Crippen molar-refractivity contribution in [3.8, 4) is 5.69 Å². The molecule has 6 heteroatoms. The third-order valence-corrected chi connectivity index (χ3v) is 5.95. The lowest BCUT2D eigenvalue weighted by molar-refractivity contribution is -0.130. The van der Waals surface area contributed by atoms with Crippen LogP contribution in [0.15, 0.2) is 35.2 Å². The second-order valence-corrected chi connectivity index (χ2v) is 7.91. The summed E-state index contributed by atoms with van der Waals surface area (Å²) < 4.78 is 2.15. The van der Waals surface area contributed by atoms with E-state index < -0.39 is 0 Å². The molecule has 1 aliphatic heterocycles. The van der Waals surface area contributed by atoms with Crippen LogP contribution in [0.3, 0.4) is 0 Å². The van der Waals surface area contributed by atoms with Gasteiger partial charge in [-0.1, -0.05) is 6.07 Å². The van der Waals surface area contributed by atoms with Crippen molar-refractivity contribution >= 4 is 23.5 Å². The molecule has 0 spiro atoms. The van der Waals surface area contributed by atoms with Crippen molar-refractivity contribution in [1.29, 1.82) is 0 Å². The van der Waals surface area contributed by atoms with Gasteiger partial charge in [-0.2, -0.15) is 0 Å². The van der Waals surface area contributed by atoms with E-state index in [9.17, 15) is 9.59 Å². The smallest absolute Gasteiger partial charge is 0.219 e. The molecule has 0 atom stereocenters. The summed E-state index contributed by atoms with van der Waals surface area (Å²) in [6, 6.07) is 10.4. The summed E-state index contributed by atoms with van der Waals surface area (Å²) in [6.07, 6.45) is 2.06. The molecule has 0 bridgehead atoms. The van der Waals surface area contributed by atoms with Gasteiger partial charge >= 0.3 is 0 Å². The average molecular weight is 386 g/mol. The normalized spacial score (nSPS) is 15.2. The van der Waals surface area contributed by atoms with Crippen molar-refractivity contribution < 1.29 is 9.59 Å². The molecule has 1 aromatic carbocycles. The van der Waals surface area contributed by atoms with Gasteiger partial charge in [-0.15, -0.1) is 11.8 Å². The third-order valence-electron chi connectivity index (χ3n) is 5.23. The summed E-state index contributed by atoms with van der Waals surface area (Å²) in [5.41, 5.74) is 3.93. The molecule has 1 aromatic heterocycles. The maximum Gasteiger partial charge on any atom is 0.219 e. The fourth-order valence-corrected chi connectivity index (χ4v) is 4.15. The number of carbonyl (C=O) groups is 2. The largest absolute Gasteiger partial charge is 0.340 e. The highest BCUT2D eigenvalue weighted by molar-refractivity contribution is 7.98. The summed E-state index contributed by atoms with van der Waals surface area (Å²) in [6.45, 7) is 8.95. The first-order valence-electron chi connectivity index (χ1n) is 9.25. The van der Waals surface area contributed by atoms with Crippen LogP contribution < -0.4 is 0 Å². The highest BCUT2D eigenvalue weighted by Gasteiger charge is 2.23. The van der Waals surface area contributed by atoms with E-state index in [4.69, 9.17) is 0 Å². The third kappa shape index (κ3) is 4.28. The highest BCUT2D eigenvalue weighted by Crippen LogP contribution is 2.24. The minimum atomic E-state index is 0.108. The molecule has 1 fully saturated rings. The molecule has 0 radical (unpaired) electrons. The first-order chi connectivity index (χ1) is 12.9. The van der Waals surface area contributed by atoms with E-state index in [0.29, 0.717) is 19.6 Å². The first kappa shape index (κ1) is 19.7. The van der Waals surface area contributed by atoms with Gasteiger partial charge in [0.25, 0.3) is 0 Å². The Morgan fingerprint density at radius 1 is 1.07 bits per heavy atom. The van der Waals surface area contributed by atoms with Crippen LogP contribution in [0, 0.1) is 13.8 Å². The van der Waals surface area contributed by atoms with Crippen molar-refractivity contribution in [3.05, 3.63) is 47.3 Å². The Kier molecular flexibility index (Phi) is 6.07. The predicted octanol–water partition coefficient (Wildman–Crippen LogP) is 3.16. The van der Waals surface area contributed by atoms with E-state index in [1.54, 1.807) is 18.7 Å². The molecule has 1 aliphatic rings. The molecule has 0 unspecified atom stereocenters. The maximum atomic E-state index is 12.9. The number of ketones is 1. The molecule has 0 N–H and O–H groups in total. The van der Waals surface area contributed by atoms with Crippen LogP contribution in [-0.4, -0.2) is 65.0 Å². The minimum Gasteiger partial charge on any atom is -0.340 e. The van der Waals surface area contributed by atoms with Crippen LogP contribution in [0.2, 0.25) is 0 Å². The molecule has 5 nitrogen and oxygen atoms in total. The Morgan fingerprint density at radius 2 is 1.78 bits per heavy atom. The zero-order valence-corrected chi connectivity index (χ0v) is 17.3. The van der Waals surface area contributed by atoms with Crippen LogP contribution in [-0.2, 0) is 4.79 Å². The number of piperazine rings is 1. The first-order valence-corrected chi connectivity index (χ1v) is 10.5. The van der Waals surface area contributed by atoms with E-state index >= 15 is 0 Å².